The summed E-state index contributed by atoms with van der Waals surface area (Å²) in [7, 11) is 4.85. The van der Waals surface area contributed by atoms with Gasteiger partial charge in [-0.05, 0) is 66.4 Å². The normalized spacial score (nSPS) is 16.0. The van der Waals surface area contributed by atoms with Crippen LogP contribution in [0.15, 0.2) is 59.0 Å². The lowest BCUT2D eigenvalue weighted by atomic mass is 9.92. The van der Waals surface area contributed by atoms with E-state index >= 15 is 0 Å². The van der Waals surface area contributed by atoms with Gasteiger partial charge in [-0.25, -0.2) is 0 Å². The van der Waals surface area contributed by atoms with Crippen LogP contribution >= 0.6 is 0 Å². The number of furan rings is 1. The summed E-state index contributed by atoms with van der Waals surface area (Å²) in [6.07, 6.45) is -3.51. The average Bonchev–Trinajstić information content (AvgIpc) is 3.35. The highest BCUT2D eigenvalue weighted by molar-refractivity contribution is 5.90. The predicted octanol–water partition coefficient (Wildman–Crippen LogP) is 7.26. The van der Waals surface area contributed by atoms with Crippen molar-refractivity contribution in [2.75, 3.05) is 27.9 Å². The van der Waals surface area contributed by atoms with Gasteiger partial charge in [0, 0.05) is 30.1 Å². The smallest absolute Gasteiger partial charge is 0.416 e. The van der Waals surface area contributed by atoms with E-state index in [9.17, 15) is 13.2 Å². The van der Waals surface area contributed by atoms with E-state index in [1.165, 1.54) is 23.3 Å². The third kappa shape index (κ3) is 4.62. The maximum atomic E-state index is 13.0. The minimum Gasteiger partial charge on any atom is -0.493 e. The monoisotopic (exact) mass is 511 g/mol. The zero-order chi connectivity index (χ0) is 26.3. The number of fused-ring (bicyclic) bond motifs is 2. The van der Waals surface area contributed by atoms with Crippen LogP contribution in [-0.2, 0) is 19.1 Å². The number of halogens is 3. The third-order valence-corrected chi connectivity index (χ3v) is 7.14. The van der Waals surface area contributed by atoms with Crippen molar-refractivity contribution in [1.82, 2.24) is 4.90 Å². The molecular formula is C29H28F3NO4. The van der Waals surface area contributed by atoms with Crippen LogP contribution in [-0.4, -0.2) is 32.8 Å². The average molecular weight is 512 g/mol. The Morgan fingerprint density at radius 2 is 1.57 bits per heavy atom. The van der Waals surface area contributed by atoms with Crippen molar-refractivity contribution in [2.24, 2.45) is 0 Å². The Morgan fingerprint density at radius 3 is 2.22 bits per heavy atom. The van der Waals surface area contributed by atoms with Gasteiger partial charge in [0.25, 0.3) is 0 Å². The van der Waals surface area contributed by atoms with E-state index < -0.39 is 11.7 Å². The van der Waals surface area contributed by atoms with E-state index in [2.05, 4.69) is 24.0 Å². The van der Waals surface area contributed by atoms with E-state index in [-0.39, 0.29) is 6.04 Å². The second-order valence-corrected chi connectivity index (χ2v) is 9.16. The molecule has 1 aliphatic rings. The van der Waals surface area contributed by atoms with Gasteiger partial charge in [0.15, 0.2) is 22.8 Å². The number of methoxy groups -OCH3 is 3. The fourth-order valence-corrected chi connectivity index (χ4v) is 5.05. The molecule has 0 saturated carbocycles. The molecule has 0 N–H and O–H groups in total. The first-order valence-corrected chi connectivity index (χ1v) is 12.0. The lowest BCUT2D eigenvalue weighted by molar-refractivity contribution is -0.137. The van der Waals surface area contributed by atoms with Gasteiger partial charge in [-0.15, -0.1) is 0 Å². The van der Waals surface area contributed by atoms with Crippen molar-refractivity contribution in [3.05, 3.63) is 76.9 Å². The molecular weight excluding hydrogens is 483 g/mol. The fraction of sp³-hybridized carbons (Fsp3) is 0.310. The van der Waals surface area contributed by atoms with E-state index in [1.54, 1.807) is 21.3 Å². The Labute approximate surface area is 213 Å². The molecule has 0 radical (unpaired) electrons. The number of rotatable bonds is 6. The van der Waals surface area contributed by atoms with E-state index in [4.69, 9.17) is 18.6 Å². The van der Waals surface area contributed by atoms with Crippen LogP contribution in [0.2, 0.25) is 0 Å². The third-order valence-electron chi connectivity index (χ3n) is 7.14. The standard InChI is InChI=1S/C29H28F3NO4/c1-17-22-14-27(36-4)26(35-3)13-19(22)11-12-33(17)16-20-7-10-24(34-2)28-23(20)15-25(37-28)18-5-8-21(9-6-18)29(30,31)32/h5-10,13-15,17H,11-12,16H2,1-4H3. The Kier molecular flexibility index (Phi) is 6.54. The van der Waals surface area contributed by atoms with Crippen molar-refractivity contribution in [2.45, 2.75) is 32.1 Å². The Hall–Kier alpha value is -3.65. The largest absolute Gasteiger partial charge is 0.493 e. The van der Waals surface area contributed by atoms with Crippen molar-refractivity contribution >= 4 is 11.0 Å². The molecule has 8 heteroatoms. The van der Waals surface area contributed by atoms with Crippen LogP contribution in [0, 0.1) is 0 Å². The number of benzene rings is 3. The maximum absolute atomic E-state index is 13.0. The molecule has 3 aromatic carbocycles. The first kappa shape index (κ1) is 25.0. The van der Waals surface area contributed by atoms with Crippen LogP contribution < -0.4 is 14.2 Å². The van der Waals surface area contributed by atoms with Gasteiger partial charge in [0.2, 0.25) is 0 Å². The second-order valence-electron chi connectivity index (χ2n) is 9.16. The Bertz CT molecular complexity index is 1430. The summed E-state index contributed by atoms with van der Waals surface area (Å²) in [6, 6.07) is 15.0. The summed E-state index contributed by atoms with van der Waals surface area (Å²) < 4.78 is 61.7. The highest BCUT2D eigenvalue weighted by Crippen LogP contribution is 2.41. The number of hydrogen-bond donors (Lipinski definition) is 0. The molecule has 5 nitrogen and oxygen atoms in total. The van der Waals surface area contributed by atoms with Gasteiger partial charge in [0.05, 0.1) is 26.9 Å². The molecule has 194 valence electrons. The highest BCUT2D eigenvalue weighted by Gasteiger charge is 2.30. The SMILES string of the molecule is COc1cc2c(cc1OC)C(C)N(Cc1ccc(OC)c3oc(-c4ccc(C(F)(F)F)cc4)cc13)CC2. The van der Waals surface area contributed by atoms with Gasteiger partial charge < -0.3 is 18.6 Å². The van der Waals surface area contributed by atoms with Gasteiger partial charge in [-0.1, -0.05) is 18.2 Å². The number of hydrogen-bond acceptors (Lipinski definition) is 5. The fourth-order valence-electron chi connectivity index (χ4n) is 5.05. The minimum absolute atomic E-state index is 0.141. The molecule has 0 bridgehead atoms. The molecule has 4 aromatic rings. The van der Waals surface area contributed by atoms with Gasteiger partial charge >= 0.3 is 6.18 Å². The van der Waals surface area contributed by atoms with Gasteiger partial charge in [-0.2, -0.15) is 13.2 Å². The number of alkyl halides is 3. The number of ether oxygens (including phenoxy) is 3. The zero-order valence-electron chi connectivity index (χ0n) is 21.1. The molecule has 0 saturated heterocycles. The zero-order valence-corrected chi connectivity index (χ0v) is 21.1. The topological polar surface area (TPSA) is 44.1 Å². The predicted molar refractivity (Wildman–Crippen MR) is 135 cm³/mol. The number of nitrogens with zero attached hydrogens (tertiary/aromatic N) is 1. The molecule has 0 amide bonds. The summed E-state index contributed by atoms with van der Waals surface area (Å²) in [5, 5.41) is 0.875. The first-order chi connectivity index (χ1) is 17.7. The minimum atomic E-state index is -4.39. The van der Waals surface area contributed by atoms with Crippen molar-refractivity contribution in [3.63, 3.8) is 0 Å². The van der Waals surface area contributed by atoms with Crippen molar-refractivity contribution < 1.29 is 31.8 Å². The van der Waals surface area contributed by atoms with Crippen molar-refractivity contribution in [3.8, 4) is 28.6 Å². The van der Waals surface area contributed by atoms with E-state index in [0.717, 1.165) is 41.8 Å². The molecule has 0 spiro atoms. The van der Waals surface area contributed by atoms with E-state index in [1.807, 2.05) is 18.2 Å². The van der Waals surface area contributed by atoms with Crippen molar-refractivity contribution in [1.29, 1.82) is 0 Å². The molecule has 0 fully saturated rings. The molecule has 1 atom stereocenters. The molecule has 0 aliphatic carbocycles. The summed E-state index contributed by atoms with van der Waals surface area (Å²) in [5.74, 6) is 2.50. The van der Waals surface area contributed by atoms with Gasteiger partial charge in [0.1, 0.15) is 5.76 Å². The van der Waals surface area contributed by atoms with Crippen LogP contribution in [0.25, 0.3) is 22.3 Å². The summed E-state index contributed by atoms with van der Waals surface area (Å²) >= 11 is 0. The Morgan fingerprint density at radius 1 is 0.892 bits per heavy atom. The molecule has 37 heavy (non-hydrogen) atoms. The summed E-state index contributed by atoms with van der Waals surface area (Å²) in [4.78, 5) is 2.39. The van der Waals surface area contributed by atoms with Crippen LogP contribution in [0.1, 0.15) is 35.2 Å². The van der Waals surface area contributed by atoms with Gasteiger partial charge in [-0.3, -0.25) is 4.90 Å². The second kappa shape index (κ2) is 9.67. The first-order valence-electron chi connectivity index (χ1n) is 12.0. The molecule has 1 unspecified atom stereocenters. The molecule has 1 aliphatic heterocycles. The summed E-state index contributed by atoms with van der Waals surface area (Å²) in [5.41, 5.74) is 3.94. The maximum Gasteiger partial charge on any atom is 0.416 e. The highest BCUT2D eigenvalue weighted by atomic mass is 19.4. The molecule has 1 aromatic heterocycles. The lowest BCUT2D eigenvalue weighted by Gasteiger charge is -2.36. The van der Waals surface area contributed by atoms with Crippen LogP contribution in [0.4, 0.5) is 13.2 Å². The quantitative estimate of drug-likeness (QED) is 0.273. The molecule has 2 heterocycles. The van der Waals surface area contributed by atoms with E-state index in [0.29, 0.717) is 35.0 Å². The molecule has 5 rings (SSSR count). The van der Waals surface area contributed by atoms with Crippen LogP contribution in [0.3, 0.4) is 0 Å². The van der Waals surface area contributed by atoms with Crippen LogP contribution in [0.5, 0.6) is 17.2 Å². The summed E-state index contributed by atoms with van der Waals surface area (Å²) in [6.45, 7) is 3.70. The Balaban J connectivity index is 1.48. The lowest BCUT2D eigenvalue weighted by Crippen LogP contribution is -2.33.